The maximum atomic E-state index is 14.1. The fraction of sp³-hybridized carbons (Fsp3) is 0.0556. The van der Waals surface area contributed by atoms with Crippen LogP contribution in [-0.2, 0) is 11.3 Å². The number of nitrogens with zero attached hydrogens (tertiary/aromatic N) is 2. The number of halogens is 3. The van der Waals surface area contributed by atoms with Crippen molar-refractivity contribution in [3.63, 3.8) is 0 Å². The van der Waals surface area contributed by atoms with Crippen molar-refractivity contribution in [3.05, 3.63) is 69.7 Å². The Morgan fingerprint density at radius 1 is 1.26 bits per heavy atom. The fourth-order valence-corrected chi connectivity index (χ4v) is 4.05. The van der Waals surface area contributed by atoms with E-state index in [1.54, 1.807) is 12.1 Å². The maximum absolute atomic E-state index is 14.1. The number of carbonyl (C=O) groups is 1. The van der Waals surface area contributed by atoms with Crippen LogP contribution in [0.2, 0.25) is 5.02 Å². The smallest absolute Gasteiger partial charge is 0.271 e. The van der Waals surface area contributed by atoms with Crippen molar-refractivity contribution in [2.45, 2.75) is 6.54 Å². The molecule has 0 aliphatic carbocycles. The first-order valence-corrected chi connectivity index (χ1v) is 8.94. The molecular formula is C18H10ClF2N3O2S. The summed E-state index contributed by atoms with van der Waals surface area (Å²) in [5.74, 6) is -1.51. The van der Waals surface area contributed by atoms with Gasteiger partial charge in [-0.15, -0.1) is 11.3 Å². The highest BCUT2D eigenvalue weighted by atomic mass is 35.5. The van der Waals surface area contributed by atoms with E-state index in [-0.39, 0.29) is 27.5 Å². The topological polar surface area (TPSA) is 64.0 Å². The molecule has 0 bridgehead atoms. The van der Waals surface area contributed by atoms with Gasteiger partial charge in [0.25, 0.3) is 5.56 Å². The lowest BCUT2D eigenvalue weighted by molar-refractivity contribution is -0.116. The SMILES string of the molecule is O=C(Cn1cnc2c(sc3cccc(F)c32)c1=O)Nc1ccc(F)cc1Cl. The number of rotatable bonds is 3. The van der Waals surface area contributed by atoms with Gasteiger partial charge in [0.05, 0.1) is 27.9 Å². The van der Waals surface area contributed by atoms with Gasteiger partial charge >= 0.3 is 0 Å². The van der Waals surface area contributed by atoms with Crippen LogP contribution in [0.5, 0.6) is 0 Å². The summed E-state index contributed by atoms with van der Waals surface area (Å²) >= 11 is 7.00. The second-order valence-corrected chi connectivity index (χ2v) is 7.20. The van der Waals surface area contributed by atoms with Crippen molar-refractivity contribution >= 4 is 54.8 Å². The van der Waals surface area contributed by atoms with Crippen LogP contribution in [0.15, 0.2) is 47.5 Å². The Labute approximate surface area is 159 Å². The predicted molar refractivity (Wildman–Crippen MR) is 101 cm³/mol. The molecular weight excluding hydrogens is 396 g/mol. The lowest BCUT2D eigenvalue weighted by atomic mass is 10.2. The van der Waals surface area contributed by atoms with Gasteiger partial charge in [0, 0.05) is 4.70 Å². The monoisotopic (exact) mass is 405 g/mol. The molecule has 0 radical (unpaired) electrons. The third kappa shape index (κ3) is 3.17. The van der Waals surface area contributed by atoms with Crippen LogP contribution in [0.25, 0.3) is 20.3 Å². The highest BCUT2D eigenvalue weighted by Crippen LogP contribution is 2.31. The van der Waals surface area contributed by atoms with E-state index in [2.05, 4.69) is 10.3 Å². The molecule has 4 aromatic rings. The lowest BCUT2D eigenvalue weighted by Gasteiger charge is -2.08. The first kappa shape index (κ1) is 17.6. The van der Waals surface area contributed by atoms with Gasteiger partial charge in [0.15, 0.2) is 0 Å². The molecule has 0 atom stereocenters. The molecule has 1 N–H and O–H groups in total. The third-order valence-corrected chi connectivity index (χ3v) is 5.38. The number of fused-ring (bicyclic) bond motifs is 3. The highest BCUT2D eigenvalue weighted by molar-refractivity contribution is 7.25. The Morgan fingerprint density at radius 3 is 2.85 bits per heavy atom. The fourth-order valence-electron chi connectivity index (χ4n) is 2.72. The molecule has 0 spiro atoms. The van der Waals surface area contributed by atoms with Gasteiger partial charge in [-0.1, -0.05) is 17.7 Å². The number of nitrogens with one attached hydrogen (secondary N) is 1. The number of carbonyl (C=O) groups excluding carboxylic acids is 1. The molecule has 0 aliphatic rings. The molecule has 0 unspecified atom stereocenters. The summed E-state index contributed by atoms with van der Waals surface area (Å²) in [5.41, 5.74) is 0.0615. The van der Waals surface area contributed by atoms with E-state index in [4.69, 9.17) is 11.6 Å². The molecule has 0 saturated carbocycles. The van der Waals surface area contributed by atoms with E-state index in [0.29, 0.717) is 10.1 Å². The second kappa shape index (κ2) is 6.71. The molecule has 5 nitrogen and oxygen atoms in total. The lowest BCUT2D eigenvalue weighted by Crippen LogP contribution is -2.27. The van der Waals surface area contributed by atoms with Crippen molar-refractivity contribution in [2.24, 2.45) is 0 Å². The Bertz CT molecular complexity index is 1270. The van der Waals surface area contributed by atoms with Gasteiger partial charge < -0.3 is 5.32 Å². The molecule has 0 saturated heterocycles. The highest BCUT2D eigenvalue weighted by Gasteiger charge is 2.16. The molecule has 1 amide bonds. The molecule has 9 heteroatoms. The van der Waals surface area contributed by atoms with Crippen LogP contribution in [0.3, 0.4) is 0 Å². The van der Waals surface area contributed by atoms with Crippen LogP contribution >= 0.6 is 22.9 Å². The van der Waals surface area contributed by atoms with Crippen molar-refractivity contribution in [3.8, 4) is 0 Å². The molecule has 136 valence electrons. The predicted octanol–water partition coefficient (Wildman–Crippen LogP) is 4.18. The number of hydrogen-bond acceptors (Lipinski definition) is 4. The van der Waals surface area contributed by atoms with Gasteiger partial charge in [-0.2, -0.15) is 0 Å². The summed E-state index contributed by atoms with van der Waals surface area (Å²) in [7, 11) is 0. The third-order valence-electron chi connectivity index (χ3n) is 3.94. The zero-order valence-electron chi connectivity index (χ0n) is 13.5. The standard InChI is InChI=1S/C18H10ClF2N3O2S/c19-10-6-9(20)4-5-12(10)23-14(25)7-24-8-22-16-15-11(21)2-1-3-13(15)27-17(16)18(24)26/h1-6,8H,7H2,(H,23,25). The van der Waals surface area contributed by atoms with Crippen LogP contribution < -0.4 is 10.9 Å². The summed E-state index contributed by atoms with van der Waals surface area (Å²) in [6.07, 6.45) is 1.20. The van der Waals surface area contributed by atoms with Gasteiger partial charge in [-0.25, -0.2) is 13.8 Å². The van der Waals surface area contributed by atoms with Gasteiger partial charge in [-0.3, -0.25) is 14.2 Å². The van der Waals surface area contributed by atoms with Gasteiger partial charge in [-0.05, 0) is 30.3 Å². The number of thiophene rings is 1. The molecule has 0 fully saturated rings. The molecule has 0 aliphatic heterocycles. The van der Waals surface area contributed by atoms with E-state index in [9.17, 15) is 18.4 Å². The average Bonchev–Trinajstić information content (AvgIpc) is 3.01. The van der Waals surface area contributed by atoms with Crippen LogP contribution in [0.4, 0.5) is 14.5 Å². The Balaban J connectivity index is 1.67. The quantitative estimate of drug-likeness (QED) is 0.556. The Kier molecular flexibility index (Phi) is 4.37. The zero-order valence-corrected chi connectivity index (χ0v) is 15.1. The minimum absolute atomic E-state index is 0.0456. The van der Waals surface area contributed by atoms with Gasteiger partial charge in [0.2, 0.25) is 5.91 Å². The van der Waals surface area contributed by atoms with E-state index in [1.165, 1.54) is 18.5 Å². The molecule has 2 aromatic heterocycles. The number of aromatic nitrogens is 2. The van der Waals surface area contributed by atoms with Crippen molar-refractivity contribution in [1.29, 1.82) is 0 Å². The summed E-state index contributed by atoms with van der Waals surface area (Å²) in [5, 5.41) is 2.86. The first-order valence-electron chi connectivity index (χ1n) is 7.75. The summed E-state index contributed by atoms with van der Waals surface area (Å²) in [6.45, 7) is -0.313. The Morgan fingerprint density at radius 2 is 2.07 bits per heavy atom. The number of amides is 1. The maximum Gasteiger partial charge on any atom is 0.271 e. The number of anilines is 1. The van der Waals surface area contributed by atoms with Crippen molar-refractivity contribution in [1.82, 2.24) is 9.55 Å². The van der Waals surface area contributed by atoms with E-state index in [1.807, 2.05) is 0 Å². The molecule has 2 aromatic carbocycles. The summed E-state index contributed by atoms with van der Waals surface area (Å²) < 4.78 is 29.1. The Hall–Kier alpha value is -2.84. The summed E-state index contributed by atoms with van der Waals surface area (Å²) in [6, 6.07) is 8.13. The number of hydrogen-bond donors (Lipinski definition) is 1. The largest absolute Gasteiger partial charge is 0.323 e. The van der Waals surface area contributed by atoms with Gasteiger partial charge in [0.1, 0.15) is 22.9 Å². The summed E-state index contributed by atoms with van der Waals surface area (Å²) in [4.78, 5) is 29.0. The van der Waals surface area contributed by atoms with E-state index >= 15 is 0 Å². The zero-order chi connectivity index (χ0) is 19.1. The second-order valence-electron chi connectivity index (χ2n) is 5.74. The molecule has 2 heterocycles. The van der Waals surface area contributed by atoms with E-state index in [0.717, 1.165) is 28.0 Å². The molecule has 4 rings (SSSR count). The first-order chi connectivity index (χ1) is 12.9. The normalized spacial score (nSPS) is 11.2. The minimum atomic E-state index is -0.529. The van der Waals surface area contributed by atoms with Crippen molar-refractivity contribution < 1.29 is 13.6 Å². The molecule has 27 heavy (non-hydrogen) atoms. The van der Waals surface area contributed by atoms with Crippen LogP contribution in [0, 0.1) is 11.6 Å². The number of benzene rings is 2. The van der Waals surface area contributed by atoms with Crippen LogP contribution in [0.1, 0.15) is 0 Å². The van der Waals surface area contributed by atoms with Crippen molar-refractivity contribution in [2.75, 3.05) is 5.32 Å². The van der Waals surface area contributed by atoms with E-state index < -0.39 is 23.1 Å². The minimum Gasteiger partial charge on any atom is -0.323 e. The van der Waals surface area contributed by atoms with Crippen LogP contribution in [-0.4, -0.2) is 15.5 Å². The average molecular weight is 406 g/mol.